The van der Waals surface area contributed by atoms with Gasteiger partial charge in [0.25, 0.3) is 5.91 Å². The van der Waals surface area contributed by atoms with Crippen LogP contribution < -0.4 is 5.32 Å². The van der Waals surface area contributed by atoms with Gasteiger partial charge in [-0.2, -0.15) is 11.8 Å². The van der Waals surface area contributed by atoms with Crippen molar-refractivity contribution in [1.29, 1.82) is 0 Å². The van der Waals surface area contributed by atoms with E-state index in [-0.39, 0.29) is 11.7 Å². The van der Waals surface area contributed by atoms with Crippen molar-refractivity contribution in [3.05, 3.63) is 35.4 Å². The quantitative estimate of drug-likeness (QED) is 0.667. The van der Waals surface area contributed by atoms with Gasteiger partial charge in [0, 0.05) is 36.2 Å². The van der Waals surface area contributed by atoms with Crippen LogP contribution in [-0.4, -0.2) is 49.3 Å². The molecular formula is C20H30N2O3S2. The van der Waals surface area contributed by atoms with Crippen molar-refractivity contribution in [2.45, 2.75) is 55.9 Å². The van der Waals surface area contributed by atoms with E-state index in [0.29, 0.717) is 25.2 Å². The Morgan fingerprint density at radius 1 is 1.04 bits per heavy atom. The lowest BCUT2D eigenvalue weighted by Gasteiger charge is -2.25. The van der Waals surface area contributed by atoms with Crippen LogP contribution in [0.5, 0.6) is 0 Å². The highest BCUT2D eigenvalue weighted by atomic mass is 32.2. The van der Waals surface area contributed by atoms with Crippen LogP contribution in [0, 0.1) is 0 Å². The first-order chi connectivity index (χ1) is 13.0. The normalized spacial score (nSPS) is 19.3. The molecule has 1 heterocycles. The summed E-state index contributed by atoms with van der Waals surface area (Å²) in [4.78, 5) is 12.2. The summed E-state index contributed by atoms with van der Waals surface area (Å²) in [5.41, 5.74) is 1.31. The highest BCUT2D eigenvalue weighted by Crippen LogP contribution is 2.28. The number of thioether (sulfide) groups is 1. The standard InChI is InChI=1S/C20H30N2O3S2/c23-20(21-12-15-26-19-6-2-3-7-19)18-10-8-17(9-11-18)16-27(24,25)22-13-4-1-5-14-22/h8-11,19H,1-7,12-16H2,(H,21,23). The largest absolute Gasteiger partial charge is 0.351 e. The Bertz CT molecular complexity index is 707. The van der Waals surface area contributed by atoms with E-state index in [1.54, 1.807) is 28.6 Å². The van der Waals surface area contributed by atoms with E-state index in [0.717, 1.165) is 35.8 Å². The molecule has 5 nitrogen and oxygen atoms in total. The predicted molar refractivity (Wildman–Crippen MR) is 112 cm³/mol. The van der Waals surface area contributed by atoms with Gasteiger partial charge >= 0.3 is 0 Å². The first-order valence-corrected chi connectivity index (χ1v) is 12.7. The molecule has 1 aromatic carbocycles. The third-order valence-electron chi connectivity index (χ3n) is 5.32. The summed E-state index contributed by atoms with van der Waals surface area (Å²) in [5.74, 6) is 0.864. The Kier molecular flexibility index (Phi) is 7.61. The Morgan fingerprint density at radius 2 is 1.70 bits per heavy atom. The van der Waals surface area contributed by atoms with Gasteiger partial charge in [-0.15, -0.1) is 0 Å². The number of nitrogens with zero attached hydrogens (tertiary/aromatic N) is 1. The molecule has 1 aromatic rings. The summed E-state index contributed by atoms with van der Waals surface area (Å²) in [6.45, 7) is 1.93. The number of rotatable bonds is 8. The zero-order valence-electron chi connectivity index (χ0n) is 15.9. The monoisotopic (exact) mass is 410 g/mol. The molecule has 1 N–H and O–H groups in total. The molecule has 3 rings (SSSR count). The van der Waals surface area contributed by atoms with Gasteiger partial charge in [0.05, 0.1) is 5.75 Å². The molecule has 0 aromatic heterocycles. The van der Waals surface area contributed by atoms with E-state index < -0.39 is 10.0 Å². The zero-order valence-corrected chi connectivity index (χ0v) is 17.5. The maximum atomic E-state index is 12.5. The van der Waals surface area contributed by atoms with E-state index in [1.165, 1.54) is 25.7 Å². The number of hydrogen-bond acceptors (Lipinski definition) is 4. The second-order valence-corrected chi connectivity index (χ2v) is 10.8. The topological polar surface area (TPSA) is 66.5 Å². The number of amides is 1. The molecule has 0 bridgehead atoms. The molecule has 27 heavy (non-hydrogen) atoms. The van der Waals surface area contributed by atoms with Crippen molar-refractivity contribution in [1.82, 2.24) is 9.62 Å². The predicted octanol–water partition coefficient (Wildman–Crippen LogP) is 3.41. The van der Waals surface area contributed by atoms with E-state index in [1.807, 2.05) is 11.8 Å². The summed E-state index contributed by atoms with van der Waals surface area (Å²) in [6.07, 6.45) is 8.28. The molecule has 0 unspecified atom stereocenters. The number of carbonyl (C=O) groups is 1. The summed E-state index contributed by atoms with van der Waals surface area (Å²) in [7, 11) is -3.27. The molecule has 0 spiro atoms. The average Bonchev–Trinajstić information content (AvgIpc) is 3.20. The van der Waals surface area contributed by atoms with Gasteiger partial charge in [0.15, 0.2) is 0 Å². The lowest BCUT2D eigenvalue weighted by molar-refractivity contribution is 0.0956. The molecule has 2 fully saturated rings. The van der Waals surface area contributed by atoms with Crippen LogP contribution in [0.1, 0.15) is 60.9 Å². The summed E-state index contributed by atoms with van der Waals surface area (Å²) in [6, 6.07) is 6.95. The molecule has 2 aliphatic rings. The fourth-order valence-corrected chi connectivity index (χ4v) is 6.58. The highest BCUT2D eigenvalue weighted by molar-refractivity contribution is 7.99. The zero-order chi connectivity index (χ0) is 19.1. The van der Waals surface area contributed by atoms with E-state index in [9.17, 15) is 13.2 Å². The van der Waals surface area contributed by atoms with Crippen LogP contribution in [0.2, 0.25) is 0 Å². The number of hydrogen-bond donors (Lipinski definition) is 1. The Morgan fingerprint density at radius 3 is 2.37 bits per heavy atom. The number of benzene rings is 1. The van der Waals surface area contributed by atoms with Gasteiger partial charge in [-0.1, -0.05) is 31.4 Å². The molecule has 1 aliphatic carbocycles. The minimum atomic E-state index is -3.27. The number of nitrogens with one attached hydrogen (secondary N) is 1. The Balaban J connectivity index is 1.45. The number of piperidine rings is 1. The van der Waals surface area contributed by atoms with E-state index >= 15 is 0 Å². The van der Waals surface area contributed by atoms with Crippen molar-refractivity contribution in [2.75, 3.05) is 25.4 Å². The highest BCUT2D eigenvalue weighted by Gasteiger charge is 2.24. The third kappa shape index (κ3) is 6.22. The summed E-state index contributed by atoms with van der Waals surface area (Å²) >= 11 is 1.96. The third-order valence-corrected chi connectivity index (χ3v) is 8.55. The van der Waals surface area contributed by atoms with Gasteiger partial charge in [-0.05, 0) is 43.4 Å². The molecular weight excluding hydrogens is 380 g/mol. The van der Waals surface area contributed by atoms with Crippen LogP contribution in [0.4, 0.5) is 0 Å². The minimum absolute atomic E-state index is 0.00687. The van der Waals surface area contributed by atoms with Gasteiger partial charge in [0.2, 0.25) is 10.0 Å². The second-order valence-electron chi connectivity index (χ2n) is 7.45. The molecule has 1 saturated heterocycles. The smallest absolute Gasteiger partial charge is 0.251 e. The van der Waals surface area contributed by atoms with Gasteiger partial charge in [-0.3, -0.25) is 4.79 Å². The lowest BCUT2D eigenvalue weighted by Crippen LogP contribution is -2.36. The molecule has 1 amide bonds. The van der Waals surface area contributed by atoms with E-state index in [4.69, 9.17) is 0 Å². The first-order valence-electron chi connectivity index (χ1n) is 10.0. The first kappa shape index (κ1) is 20.7. The van der Waals surface area contributed by atoms with Crippen LogP contribution in [0.25, 0.3) is 0 Å². The molecule has 0 atom stereocenters. The fourth-order valence-electron chi connectivity index (χ4n) is 3.74. The molecule has 1 saturated carbocycles. The van der Waals surface area contributed by atoms with Crippen LogP contribution >= 0.6 is 11.8 Å². The Hall–Kier alpha value is -1.05. The maximum Gasteiger partial charge on any atom is 0.251 e. The minimum Gasteiger partial charge on any atom is -0.351 e. The van der Waals surface area contributed by atoms with Crippen LogP contribution in [0.15, 0.2) is 24.3 Å². The van der Waals surface area contributed by atoms with Gasteiger partial charge in [0.1, 0.15) is 0 Å². The van der Waals surface area contributed by atoms with Crippen LogP contribution in [-0.2, 0) is 15.8 Å². The maximum absolute atomic E-state index is 12.5. The van der Waals surface area contributed by atoms with Crippen molar-refractivity contribution >= 4 is 27.7 Å². The summed E-state index contributed by atoms with van der Waals surface area (Å²) < 4.78 is 26.6. The van der Waals surface area contributed by atoms with Crippen molar-refractivity contribution in [2.24, 2.45) is 0 Å². The SMILES string of the molecule is O=C(NCCSC1CCCC1)c1ccc(CS(=O)(=O)N2CCCCC2)cc1. The van der Waals surface area contributed by atoms with Crippen molar-refractivity contribution in [3.63, 3.8) is 0 Å². The van der Waals surface area contributed by atoms with E-state index in [2.05, 4.69) is 5.32 Å². The van der Waals surface area contributed by atoms with Crippen molar-refractivity contribution in [3.8, 4) is 0 Å². The lowest BCUT2D eigenvalue weighted by atomic mass is 10.1. The van der Waals surface area contributed by atoms with Gasteiger partial charge < -0.3 is 5.32 Å². The Labute approximate surface area is 167 Å². The average molecular weight is 411 g/mol. The molecule has 150 valence electrons. The molecule has 7 heteroatoms. The second kappa shape index (κ2) is 9.94. The van der Waals surface area contributed by atoms with Gasteiger partial charge in [-0.25, -0.2) is 12.7 Å². The molecule has 1 aliphatic heterocycles. The summed E-state index contributed by atoms with van der Waals surface area (Å²) in [5, 5.41) is 3.72. The van der Waals surface area contributed by atoms with Crippen molar-refractivity contribution < 1.29 is 13.2 Å². The molecule has 0 radical (unpaired) electrons. The fraction of sp³-hybridized carbons (Fsp3) is 0.650. The van der Waals surface area contributed by atoms with Crippen LogP contribution in [0.3, 0.4) is 0 Å². The number of carbonyl (C=O) groups excluding carboxylic acids is 1. The number of sulfonamides is 1.